The largest absolute Gasteiger partial charge is 0.471 e. The lowest BCUT2D eigenvalue weighted by atomic mass is 10.1. The third-order valence-electron chi connectivity index (χ3n) is 4.65. The molecule has 4 rings (SSSR count). The number of rotatable bonds is 4. The predicted octanol–water partition coefficient (Wildman–Crippen LogP) is 2.19. The first-order valence-electron chi connectivity index (χ1n) is 8.44. The summed E-state index contributed by atoms with van der Waals surface area (Å²) in [6.07, 6.45) is 8.08. The number of ether oxygens (including phenoxy) is 1. The van der Waals surface area contributed by atoms with E-state index in [2.05, 4.69) is 26.7 Å². The Kier molecular flexibility index (Phi) is 4.09. The van der Waals surface area contributed by atoms with E-state index >= 15 is 0 Å². The van der Waals surface area contributed by atoms with Crippen molar-refractivity contribution in [2.24, 2.45) is 7.05 Å². The molecule has 0 radical (unpaired) electrons. The number of hydrogen-bond acceptors (Lipinski definition) is 4. The molecule has 1 aromatic carbocycles. The van der Waals surface area contributed by atoms with E-state index in [1.165, 1.54) is 0 Å². The van der Waals surface area contributed by atoms with Gasteiger partial charge in [-0.2, -0.15) is 0 Å². The molecule has 1 amide bonds. The minimum absolute atomic E-state index is 0.0202. The molecule has 0 bridgehead atoms. The van der Waals surface area contributed by atoms with Gasteiger partial charge in [-0.15, -0.1) is 0 Å². The van der Waals surface area contributed by atoms with Gasteiger partial charge in [0.05, 0.1) is 19.2 Å². The molecule has 6 nitrogen and oxygen atoms in total. The van der Waals surface area contributed by atoms with E-state index in [1.807, 2.05) is 30.3 Å². The monoisotopic (exact) mass is 336 g/mol. The molecule has 1 fully saturated rings. The van der Waals surface area contributed by atoms with Gasteiger partial charge in [0.2, 0.25) is 11.8 Å². The van der Waals surface area contributed by atoms with Gasteiger partial charge >= 0.3 is 0 Å². The molecule has 0 spiro atoms. The highest BCUT2D eigenvalue weighted by molar-refractivity contribution is 5.89. The van der Waals surface area contributed by atoms with Crippen LogP contribution in [0, 0.1) is 0 Å². The summed E-state index contributed by atoms with van der Waals surface area (Å²) < 4.78 is 7.88. The van der Waals surface area contributed by atoms with Gasteiger partial charge in [0.15, 0.2) is 0 Å². The van der Waals surface area contributed by atoms with Crippen LogP contribution in [-0.2, 0) is 18.3 Å². The van der Waals surface area contributed by atoms with Crippen LogP contribution in [0.2, 0.25) is 0 Å². The molecular weight excluding hydrogens is 316 g/mol. The van der Waals surface area contributed by atoms with E-state index in [-0.39, 0.29) is 12.0 Å². The topological polar surface area (TPSA) is 60.2 Å². The quantitative estimate of drug-likeness (QED) is 0.733. The van der Waals surface area contributed by atoms with Crippen LogP contribution in [0.15, 0.2) is 49.1 Å². The zero-order chi connectivity index (χ0) is 17.2. The molecule has 1 aliphatic heterocycles. The zero-order valence-corrected chi connectivity index (χ0v) is 14.1. The fraction of sp³-hybridized carbons (Fsp3) is 0.316. The first kappa shape index (κ1) is 15.6. The Morgan fingerprint density at radius 2 is 2.20 bits per heavy atom. The number of nitrogens with zero attached hydrogens (tertiary/aromatic N) is 4. The normalized spacial score (nSPS) is 17.2. The Morgan fingerprint density at radius 1 is 1.32 bits per heavy atom. The molecule has 0 unspecified atom stereocenters. The standard InChI is InChI=1S/C19H20N4O2/c1-22-12-14(16-4-2-3-5-17(16)22)10-19(24)23-9-6-15(13-23)25-18-11-20-7-8-21-18/h2-5,7-8,11-12,15H,6,9-10,13H2,1H3/t15-/m1/s1. The predicted molar refractivity (Wildman–Crippen MR) is 94.3 cm³/mol. The van der Waals surface area contributed by atoms with Crippen LogP contribution in [0.3, 0.4) is 0 Å². The number of fused-ring (bicyclic) bond motifs is 1. The highest BCUT2D eigenvalue weighted by atomic mass is 16.5. The zero-order valence-electron chi connectivity index (χ0n) is 14.1. The molecule has 25 heavy (non-hydrogen) atoms. The molecule has 1 saturated heterocycles. The molecule has 0 aliphatic carbocycles. The first-order chi connectivity index (χ1) is 12.2. The van der Waals surface area contributed by atoms with Crippen LogP contribution in [0.4, 0.5) is 0 Å². The molecule has 0 N–H and O–H groups in total. The van der Waals surface area contributed by atoms with E-state index in [1.54, 1.807) is 18.6 Å². The smallest absolute Gasteiger partial charge is 0.232 e. The maximum absolute atomic E-state index is 12.7. The van der Waals surface area contributed by atoms with Crippen LogP contribution in [0.1, 0.15) is 12.0 Å². The number of amides is 1. The maximum atomic E-state index is 12.7. The van der Waals surface area contributed by atoms with Gasteiger partial charge in [-0.3, -0.25) is 9.78 Å². The minimum atomic E-state index is -0.0202. The molecular formula is C19H20N4O2. The average molecular weight is 336 g/mol. The molecule has 128 valence electrons. The fourth-order valence-electron chi connectivity index (χ4n) is 3.41. The van der Waals surface area contributed by atoms with Crippen LogP contribution in [0.25, 0.3) is 10.9 Å². The summed E-state index contributed by atoms with van der Waals surface area (Å²) in [5.41, 5.74) is 2.22. The van der Waals surface area contributed by atoms with Crippen LogP contribution in [-0.4, -0.2) is 44.5 Å². The second-order valence-corrected chi connectivity index (χ2v) is 6.37. The number of carbonyl (C=O) groups excluding carboxylic acids is 1. The van der Waals surface area contributed by atoms with Gasteiger partial charge in [0.25, 0.3) is 0 Å². The lowest BCUT2D eigenvalue weighted by molar-refractivity contribution is -0.129. The van der Waals surface area contributed by atoms with Crippen LogP contribution >= 0.6 is 0 Å². The fourth-order valence-corrected chi connectivity index (χ4v) is 3.41. The van der Waals surface area contributed by atoms with E-state index in [4.69, 9.17) is 4.74 Å². The van der Waals surface area contributed by atoms with Crippen molar-refractivity contribution in [1.29, 1.82) is 0 Å². The van der Waals surface area contributed by atoms with Crippen molar-refractivity contribution in [2.45, 2.75) is 18.9 Å². The summed E-state index contributed by atoms with van der Waals surface area (Å²) in [4.78, 5) is 22.7. The van der Waals surface area contributed by atoms with E-state index in [9.17, 15) is 4.79 Å². The van der Waals surface area contributed by atoms with Gasteiger partial charge in [0.1, 0.15) is 6.10 Å². The molecule has 1 atom stereocenters. The van der Waals surface area contributed by atoms with Crippen molar-refractivity contribution in [3.63, 3.8) is 0 Å². The van der Waals surface area contributed by atoms with Gasteiger partial charge in [-0.1, -0.05) is 18.2 Å². The van der Waals surface area contributed by atoms with Gasteiger partial charge < -0.3 is 14.2 Å². The van der Waals surface area contributed by atoms with E-state index in [0.717, 1.165) is 22.9 Å². The molecule has 1 aliphatic rings. The number of hydrogen-bond donors (Lipinski definition) is 0. The summed E-state index contributed by atoms with van der Waals surface area (Å²) in [7, 11) is 2.01. The van der Waals surface area contributed by atoms with Crippen molar-refractivity contribution in [2.75, 3.05) is 13.1 Å². The number of carbonyl (C=O) groups is 1. The van der Waals surface area contributed by atoms with E-state index in [0.29, 0.717) is 25.4 Å². The van der Waals surface area contributed by atoms with Crippen LogP contribution in [0.5, 0.6) is 5.88 Å². The van der Waals surface area contributed by atoms with Crippen molar-refractivity contribution >= 4 is 16.8 Å². The highest BCUT2D eigenvalue weighted by Crippen LogP contribution is 2.22. The van der Waals surface area contributed by atoms with Crippen molar-refractivity contribution in [3.8, 4) is 5.88 Å². The summed E-state index contributed by atoms with van der Waals surface area (Å²) >= 11 is 0. The van der Waals surface area contributed by atoms with Crippen molar-refractivity contribution in [1.82, 2.24) is 19.4 Å². The Bertz CT molecular complexity index is 891. The molecule has 6 heteroatoms. The summed E-state index contributed by atoms with van der Waals surface area (Å²) in [6, 6.07) is 8.17. The molecule has 3 heterocycles. The maximum Gasteiger partial charge on any atom is 0.232 e. The summed E-state index contributed by atoms with van der Waals surface area (Å²) in [6.45, 7) is 1.31. The summed E-state index contributed by atoms with van der Waals surface area (Å²) in [5, 5.41) is 1.14. The second kappa shape index (κ2) is 6.55. The number of benzene rings is 1. The SMILES string of the molecule is Cn1cc(CC(=O)N2CC[C@@H](Oc3cnccn3)C2)c2ccccc21. The Hall–Kier alpha value is -2.89. The number of aromatic nitrogens is 3. The third kappa shape index (κ3) is 3.20. The molecule has 2 aromatic heterocycles. The highest BCUT2D eigenvalue weighted by Gasteiger charge is 2.28. The molecule has 3 aromatic rings. The van der Waals surface area contributed by atoms with Crippen molar-refractivity contribution in [3.05, 3.63) is 54.6 Å². The Balaban J connectivity index is 1.42. The Labute approximate surface area is 146 Å². The summed E-state index contributed by atoms with van der Waals surface area (Å²) in [5.74, 6) is 0.650. The third-order valence-corrected chi connectivity index (χ3v) is 4.65. The van der Waals surface area contributed by atoms with Gasteiger partial charge in [-0.05, 0) is 11.6 Å². The average Bonchev–Trinajstić information content (AvgIpc) is 3.22. The molecule has 0 saturated carbocycles. The number of para-hydroxylation sites is 1. The van der Waals surface area contributed by atoms with Gasteiger partial charge in [-0.25, -0.2) is 4.98 Å². The first-order valence-corrected chi connectivity index (χ1v) is 8.44. The lowest BCUT2D eigenvalue weighted by Gasteiger charge is -2.16. The van der Waals surface area contributed by atoms with Crippen molar-refractivity contribution < 1.29 is 9.53 Å². The lowest BCUT2D eigenvalue weighted by Crippen LogP contribution is -2.32. The van der Waals surface area contributed by atoms with Crippen LogP contribution < -0.4 is 4.74 Å². The minimum Gasteiger partial charge on any atom is -0.471 e. The Morgan fingerprint density at radius 3 is 3.04 bits per heavy atom. The second-order valence-electron chi connectivity index (χ2n) is 6.37. The van der Waals surface area contributed by atoms with E-state index < -0.39 is 0 Å². The van der Waals surface area contributed by atoms with Gasteiger partial charge in [0, 0.05) is 49.5 Å². The number of likely N-dealkylation sites (tertiary alicyclic amines) is 1. The number of aryl methyl sites for hydroxylation is 1.